The molecule has 0 aliphatic carbocycles. The Hall–Kier alpha value is -3.73. The molecule has 0 radical (unpaired) electrons. The van der Waals surface area contributed by atoms with Gasteiger partial charge in [0.2, 0.25) is 5.91 Å². The molecule has 9 nitrogen and oxygen atoms in total. The van der Waals surface area contributed by atoms with Gasteiger partial charge in [-0.3, -0.25) is 9.59 Å². The highest BCUT2D eigenvalue weighted by Crippen LogP contribution is 2.39. The molecule has 1 saturated heterocycles. The summed E-state index contributed by atoms with van der Waals surface area (Å²) in [5.74, 6) is -1.30. The van der Waals surface area contributed by atoms with E-state index in [4.69, 9.17) is 37.8 Å². The van der Waals surface area contributed by atoms with Gasteiger partial charge in [-0.1, -0.05) is 89.9 Å². The Balaban J connectivity index is 1.31. The Bertz CT molecular complexity index is 1560. The number of aliphatic hydroxyl groups excluding tert-OH is 1. The number of nitrogens with zero attached hydrogens (tertiary/aromatic N) is 2. The van der Waals surface area contributed by atoms with Crippen LogP contribution in [0.25, 0.3) is 11.1 Å². The number of hydrogen-bond acceptors (Lipinski definition) is 6. The number of nitrogens with one attached hydrogen (secondary N) is 1. The molecular formula is C32H31Cl2N3O6. The summed E-state index contributed by atoms with van der Waals surface area (Å²) in [5.41, 5.74) is 5.51. The molecule has 5 rings (SSSR count). The highest BCUT2D eigenvalue weighted by Gasteiger charge is 2.33. The van der Waals surface area contributed by atoms with Crippen LogP contribution in [0.4, 0.5) is 0 Å². The zero-order valence-corrected chi connectivity index (χ0v) is 24.7. The number of aromatic nitrogens is 2. The lowest BCUT2D eigenvalue weighted by molar-refractivity contribution is -0.252. The number of aliphatic hydroxyl groups is 1. The van der Waals surface area contributed by atoms with E-state index in [1.54, 1.807) is 10.9 Å². The standard InChI is InChI=1S/C32H31Cl2N3O6/c33-30-31(34)37(19-36-30)17-26-15-27(23-6-4-20(18-38)5-7-23)43-32(42-26)24-10-8-22(9-11-24)25-3-1-2-21(14-25)16-35-28(39)12-13-29(40)41/h1-11,14,19,26-27,32,38H,12-13,15-18H2,(H,35,39)(H,40,41)/t26-,27+,32+/m0/s1. The van der Waals surface area contributed by atoms with Crippen molar-refractivity contribution >= 4 is 35.1 Å². The van der Waals surface area contributed by atoms with Crippen LogP contribution in [0.1, 0.15) is 53.9 Å². The Labute approximate surface area is 259 Å². The first-order valence-corrected chi connectivity index (χ1v) is 14.6. The summed E-state index contributed by atoms with van der Waals surface area (Å²) in [6.45, 7) is 0.723. The Morgan fingerprint density at radius 1 is 0.930 bits per heavy atom. The van der Waals surface area contributed by atoms with Gasteiger partial charge in [0, 0.05) is 24.9 Å². The predicted octanol–water partition coefficient (Wildman–Crippen LogP) is 6.08. The predicted molar refractivity (Wildman–Crippen MR) is 161 cm³/mol. The molecule has 43 heavy (non-hydrogen) atoms. The van der Waals surface area contributed by atoms with Crippen LogP contribution in [-0.4, -0.2) is 37.7 Å². The highest BCUT2D eigenvalue weighted by atomic mass is 35.5. The topological polar surface area (TPSA) is 123 Å². The largest absolute Gasteiger partial charge is 0.481 e. The highest BCUT2D eigenvalue weighted by molar-refractivity contribution is 6.40. The fraction of sp³-hybridized carbons (Fsp3) is 0.281. The summed E-state index contributed by atoms with van der Waals surface area (Å²) in [6, 6.07) is 23.4. The lowest BCUT2D eigenvalue weighted by Gasteiger charge is -2.36. The second-order valence-corrected chi connectivity index (χ2v) is 11.0. The Morgan fingerprint density at radius 2 is 1.67 bits per heavy atom. The van der Waals surface area contributed by atoms with Gasteiger partial charge in [0.1, 0.15) is 5.15 Å². The lowest BCUT2D eigenvalue weighted by atomic mass is 9.99. The Kier molecular flexibility index (Phi) is 10.1. The first-order chi connectivity index (χ1) is 20.8. The molecule has 224 valence electrons. The fourth-order valence-corrected chi connectivity index (χ4v) is 5.24. The average Bonchev–Trinajstić information content (AvgIpc) is 3.35. The van der Waals surface area contributed by atoms with Crippen LogP contribution in [-0.2, 0) is 38.8 Å². The normalized spacial score (nSPS) is 18.3. The second-order valence-electron chi connectivity index (χ2n) is 10.3. The summed E-state index contributed by atoms with van der Waals surface area (Å²) in [5, 5.41) is 21.6. The minimum atomic E-state index is -1.00. The van der Waals surface area contributed by atoms with Crippen LogP contribution in [0.15, 0.2) is 79.1 Å². The minimum absolute atomic E-state index is 0.0310. The van der Waals surface area contributed by atoms with E-state index in [0.717, 1.165) is 33.4 Å². The van der Waals surface area contributed by atoms with Crippen LogP contribution in [0.2, 0.25) is 10.3 Å². The molecule has 0 bridgehead atoms. The SMILES string of the molecule is O=C(O)CCC(=O)NCc1cccc(-c2ccc([C@@H]3O[C@H](Cn4cnc(Cl)c4Cl)C[C@H](c4ccc(CO)cc4)O3)cc2)c1. The number of halogens is 2. The van der Waals surface area contributed by atoms with Gasteiger partial charge in [-0.25, -0.2) is 4.98 Å². The van der Waals surface area contributed by atoms with Gasteiger partial charge in [0.05, 0.1) is 38.1 Å². The molecule has 0 saturated carbocycles. The Morgan fingerprint density at radius 3 is 2.35 bits per heavy atom. The van der Waals surface area contributed by atoms with E-state index < -0.39 is 12.3 Å². The number of amides is 1. The smallest absolute Gasteiger partial charge is 0.303 e. The summed E-state index contributed by atoms with van der Waals surface area (Å²) in [6.07, 6.45) is 0.784. The monoisotopic (exact) mass is 623 g/mol. The summed E-state index contributed by atoms with van der Waals surface area (Å²) >= 11 is 12.4. The molecule has 11 heteroatoms. The van der Waals surface area contributed by atoms with Crippen LogP contribution >= 0.6 is 23.2 Å². The molecule has 1 aliphatic heterocycles. The number of imidazole rings is 1. The van der Waals surface area contributed by atoms with Crippen LogP contribution in [0.5, 0.6) is 0 Å². The molecule has 1 aliphatic rings. The van der Waals surface area contributed by atoms with E-state index in [9.17, 15) is 14.7 Å². The molecule has 2 heterocycles. The molecule has 0 unspecified atom stereocenters. The number of aliphatic carboxylic acids is 1. The average molecular weight is 625 g/mol. The maximum Gasteiger partial charge on any atom is 0.303 e. The van der Waals surface area contributed by atoms with Crippen molar-refractivity contribution in [2.75, 3.05) is 0 Å². The van der Waals surface area contributed by atoms with E-state index in [0.29, 0.717) is 24.7 Å². The molecule has 3 atom stereocenters. The number of rotatable bonds is 11. The first kappa shape index (κ1) is 30.7. The van der Waals surface area contributed by atoms with Gasteiger partial charge in [-0.2, -0.15) is 0 Å². The van der Waals surface area contributed by atoms with Gasteiger partial charge in [-0.15, -0.1) is 0 Å². The second kappa shape index (κ2) is 14.2. The van der Waals surface area contributed by atoms with Crippen LogP contribution in [0, 0.1) is 0 Å². The maximum atomic E-state index is 11.9. The maximum absolute atomic E-state index is 11.9. The summed E-state index contributed by atoms with van der Waals surface area (Å²) < 4.78 is 14.6. The molecule has 0 spiro atoms. The van der Waals surface area contributed by atoms with Crippen molar-refractivity contribution in [2.24, 2.45) is 0 Å². The fourth-order valence-electron chi connectivity index (χ4n) is 4.93. The third-order valence-electron chi connectivity index (χ3n) is 7.25. The third kappa shape index (κ3) is 8.01. The third-order valence-corrected chi connectivity index (χ3v) is 8.02. The number of ether oxygens (including phenoxy) is 2. The van der Waals surface area contributed by atoms with Crippen molar-refractivity contribution in [3.8, 4) is 11.1 Å². The summed E-state index contributed by atoms with van der Waals surface area (Å²) in [4.78, 5) is 26.7. The molecule has 4 aromatic rings. The van der Waals surface area contributed by atoms with Crippen LogP contribution in [0.3, 0.4) is 0 Å². The number of carboxylic acid groups (broad SMARTS) is 1. The number of carboxylic acids is 1. The minimum Gasteiger partial charge on any atom is -0.481 e. The molecule has 1 fully saturated rings. The van der Waals surface area contributed by atoms with Crippen molar-refractivity contribution in [3.63, 3.8) is 0 Å². The van der Waals surface area contributed by atoms with Crippen molar-refractivity contribution in [1.29, 1.82) is 0 Å². The van der Waals surface area contributed by atoms with E-state index in [-0.39, 0.29) is 42.7 Å². The van der Waals surface area contributed by atoms with Crippen molar-refractivity contribution < 1.29 is 29.3 Å². The van der Waals surface area contributed by atoms with Crippen molar-refractivity contribution in [2.45, 2.75) is 57.5 Å². The van der Waals surface area contributed by atoms with Gasteiger partial charge < -0.3 is 29.6 Å². The zero-order chi connectivity index (χ0) is 30.3. The van der Waals surface area contributed by atoms with Crippen molar-refractivity contribution in [1.82, 2.24) is 14.9 Å². The van der Waals surface area contributed by atoms with E-state index in [1.807, 2.05) is 72.8 Å². The summed E-state index contributed by atoms with van der Waals surface area (Å²) in [7, 11) is 0. The number of hydrogen-bond donors (Lipinski definition) is 3. The van der Waals surface area contributed by atoms with E-state index in [1.165, 1.54) is 0 Å². The molecule has 1 aromatic heterocycles. The lowest BCUT2D eigenvalue weighted by Crippen LogP contribution is -2.32. The van der Waals surface area contributed by atoms with E-state index >= 15 is 0 Å². The number of benzene rings is 3. The molecular weight excluding hydrogens is 593 g/mol. The quantitative estimate of drug-likeness (QED) is 0.185. The molecule has 1 amide bonds. The van der Waals surface area contributed by atoms with Gasteiger partial charge in [0.15, 0.2) is 11.4 Å². The van der Waals surface area contributed by atoms with Crippen LogP contribution < -0.4 is 5.32 Å². The molecule has 3 N–H and O–H groups in total. The van der Waals surface area contributed by atoms with Crippen molar-refractivity contribution in [3.05, 3.63) is 112 Å². The first-order valence-electron chi connectivity index (χ1n) is 13.8. The van der Waals surface area contributed by atoms with Gasteiger partial charge in [-0.05, 0) is 33.9 Å². The van der Waals surface area contributed by atoms with Gasteiger partial charge >= 0.3 is 5.97 Å². The molecule has 3 aromatic carbocycles. The number of carbonyl (C=O) groups excluding carboxylic acids is 1. The number of carbonyl (C=O) groups is 2. The van der Waals surface area contributed by atoms with Gasteiger partial charge in [0.25, 0.3) is 0 Å². The zero-order valence-electron chi connectivity index (χ0n) is 23.2. The van der Waals surface area contributed by atoms with E-state index in [2.05, 4.69) is 10.3 Å².